The molecule has 0 aliphatic rings. The molecule has 0 unspecified atom stereocenters. The number of carbonyl (C=O) groups is 1. The quantitative estimate of drug-likeness (QED) is 0.599. The van der Waals surface area contributed by atoms with E-state index in [-0.39, 0.29) is 12.5 Å². The molecule has 0 atom stereocenters. The summed E-state index contributed by atoms with van der Waals surface area (Å²) >= 11 is 3.75. The van der Waals surface area contributed by atoms with Crippen LogP contribution >= 0.6 is 33.9 Å². The lowest BCUT2D eigenvalue weighted by molar-refractivity contribution is 0.0769. The van der Waals surface area contributed by atoms with Crippen LogP contribution in [0.25, 0.3) is 10.7 Å². The van der Waals surface area contributed by atoms with Crippen molar-refractivity contribution in [1.29, 1.82) is 0 Å². The van der Waals surface area contributed by atoms with Gasteiger partial charge in [-0.25, -0.2) is 0 Å². The molecule has 0 aliphatic heterocycles. The third kappa shape index (κ3) is 3.36. The van der Waals surface area contributed by atoms with E-state index in [1.54, 1.807) is 23.3 Å². The van der Waals surface area contributed by atoms with Crippen LogP contribution in [0, 0.1) is 3.57 Å². The zero-order valence-electron chi connectivity index (χ0n) is 11.7. The number of hydrogen-bond acceptors (Lipinski definition) is 5. The van der Waals surface area contributed by atoms with Gasteiger partial charge in [0.15, 0.2) is 0 Å². The van der Waals surface area contributed by atoms with Crippen molar-refractivity contribution >= 4 is 39.8 Å². The zero-order valence-corrected chi connectivity index (χ0v) is 14.7. The first kappa shape index (κ1) is 15.2. The average molecular weight is 425 g/mol. The molecule has 0 fully saturated rings. The van der Waals surface area contributed by atoms with Gasteiger partial charge >= 0.3 is 0 Å². The second kappa shape index (κ2) is 6.57. The molecule has 0 saturated heterocycles. The number of rotatable bonds is 4. The van der Waals surface area contributed by atoms with E-state index >= 15 is 0 Å². The summed E-state index contributed by atoms with van der Waals surface area (Å²) in [5.41, 5.74) is 0.640. The Bertz CT molecular complexity index is 768. The monoisotopic (exact) mass is 425 g/mol. The predicted molar refractivity (Wildman–Crippen MR) is 92.6 cm³/mol. The Morgan fingerprint density at radius 1 is 1.32 bits per heavy atom. The average Bonchev–Trinajstić information content (AvgIpc) is 3.18. The molecule has 112 valence electrons. The summed E-state index contributed by atoms with van der Waals surface area (Å²) < 4.78 is 6.31. The molecule has 0 aliphatic carbocycles. The first-order chi connectivity index (χ1) is 10.6. The maximum atomic E-state index is 12.3. The molecular formula is C15H12IN3O2S. The van der Waals surface area contributed by atoms with Gasteiger partial charge in [0.2, 0.25) is 11.7 Å². The summed E-state index contributed by atoms with van der Waals surface area (Å²) in [5, 5.41) is 5.90. The Balaban J connectivity index is 1.70. The Morgan fingerprint density at radius 3 is 2.77 bits per heavy atom. The van der Waals surface area contributed by atoms with Crippen LogP contribution < -0.4 is 0 Å². The summed E-state index contributed by atoms with van der Waals surface area (Å²) in [6.45, 7) is 0.281. The highest BCUT2D eigenvalue weighted by atomic mass is 127. The first-order valence-electron chi connectivity index (χ1n) is 6.51. The van der Waals surface area contributed by atoms with Gasteiger partial charge in [-0.3, -0.25) is 4.79 Å². The minimum atomic E-state index is -0.0766. The van der Waals surface area contributed by atoms with Gasteiger partial charge in [-0.15, -0.1) is 11.3 Å². The lowest BCUT2D eigenvalue weighted by Gasteiger charge is -2.14. The van der Waals surface area contributed by atoms with Crippen molar-refractivity contribution in [3.8, 4) is 10.7 Å². The van der Waals surface area contributed by atoms with Crippen molar-refractivity contribution in [2.24, 2.45) is 0 Å². The third-order valence-corrected chi connectivity index (χ3v) is 4.60. The summed E-state index contributed by atoms with van der Waals surface area (Å²) in [5.74, 6) is 0.900. The van der Waals surface area contributed by atoms with E-state index in [4.69, 9.17) is 4.52 Å². The van der Waals surface area contributed by atoms with E-state index in [2.05, 4.69) is 32.7 Å². The van der Waals surface area contributed by atoms with Gasteiger partial charge in [0.1, 0.15) is 0 Å². The molecule has 0 bridgehead atoms. The van der Waals surface area contributed by atoms with Crippen molar-refractivity contribution < 1.29 is 9.32 Å². The summed E-state index contributed by atoms with van der Waals surface area (Å²) in [7, 11) is 1.72. The highest BCUT2D eigenvalue weighted by Gasteiger charge is 2.16. The van der Waals surface area contributed by atoms with E-state index in [9.17, 15) is 4.79 Å². The predicted octanol–water partition coefficient (Wildman–Crippen LogP) is 3.67. The standard InChI is InChI=1S/C15H12IN3O2S/c1-19(15(20)10-4-6-11(16)7-5-10)9-13-17-14(18-21-13)12-3-2-8-22-12/h2-8H,9H2,1H3. The number of hydrogen-bond donors (Lipinski definition) is 0. The van der Waals surface area contributed by atoms with E-state index in [1.165, 1.54) is 0 Å². The minimum Gasteiger partial charge on any atom is -0.337 e. The number of thiophene rings is 1. The van der Waals surface area contributed by atoms with Gasteiger partial charge < -0.3 is 9.42 Å². The van der Waals surface area contributed by atoms with Crippen LogP contribution in [-0.4, -0.2) is 28.0 Å². The second-order valence-corrected chi connectivity index (χ2v) is 6.85. The second-order valence-electron chi connectivity index (χ2n) is 4.66. The molecule has 2 heterocycles. The first-order valence-corrected chi connectivity index (χ1v) is 8.47. The Hall–Kier alpha value is -1.74. The molecule has 3 rings (SSSR count). The molecule has 0 N–H and O–H groups in total. The molecule has 0 saturated carbocycles. The van der Waals surface area contributed by atoms with Gasteiger partial charge in [-0.2, -0.15) is 4.98 Å². The van der Waals surface area contributed by atoms with E-state index in [1.807, 2.05) is 41.8 Å². The minimum absolute atomic E-state index is 0.0766. The Kier molecular flexibility index (Phi) is 4.53. The van der Waals surface area contributed by atoms with Gasteiger partial charge in [0, 0.05) is 16.2 Å². The SMILES string of the molecule is CN(Cc1nc(-c2cccs2)no1)C(=O)c1ccc(I)cc1. The van der Waals surface area contributed by atoms with Crippen molar-refractivity contribution in [3.05, 3.63) is 56.8 Å². The fraction of sp³-hybridized carbons (Fsp3) is 0.133. The van der Waals surface area contributed by atoms with Crippen LogP contribution in [0.3, 0.4) is 0 Å². The normalized spacial score (nSPS) is 10.6. The fourth-order valence-electron chi connectivity index (χ4n) is 1.91. The molecule has 1 amide bonds. The number of halogens is 1. The number of benzene rings is 1. The number of carbonyl (C=O) groups excluding carboxylic acids is 1. The lowest BCUT2D eigenvalue weighted by Crippen LogP contribution is -2.26. The van der Waals surface area contributed by atoms with Crippen LogP contribution in [0.15, 0.2) is 46.3 Å². The molecule has 0 radical (unpaired) electrons. The molecule has 22 heavy (non-hydrogen) atoms. The van der Waals surface area contributed by atoms with Crippen molar-refractivity contribution in [3.63, 3.8) is 0 Å². The molecule has 2 aromatic heterocycles. The Morgan fingerprint density at radius 2 is 2.09 bits per heavy atom. The smallest absolute Gasteiger partial charge is 0.254 e. The number of aromatic nitrogens is 2. The van der Waals surface area contributed by atoms with Crippen LogP contribution in [0.5, 0.6) is 0 Å². The molecule has 7 heteroatoms. The summed E-state index contributed by atoms with van der Waals surface area (Å²) in [6.07, 6.45) is 0. The highest BCUT2D eigenvalue weighted by Crippen LogP contribution is 2.21. The largest absolute Gasteiger partial charge is 0.337 e. The van der Waals surface area contributed by atoms with E-state index in [0.717, 1.165) is 8.45 Å². The van der Waals surface area contributed by atoms with Crippen LogP contribution in [0.2, 0.25) is 0 Å². The number of nitrogens with zero attached hydrogens (tertiary/aromatic N) is 3. The van der Waals surface area contributed by atoms with Gasteiger partial charge in [0.05, 0.1) is 11.4 Å². The van der Waals surface area contributed by atoms with Crippen LogP contribution in [-0.2, 0) is 6.54 Å². The molecule has 1 aromatic carbocycles. The summed E-state index contributed by atoms with van der Waals surface area (Å²) in [4.78, 5) is 19.2. The topological polar surface area (TPSA) is 59.2 Å². The fourth-order valence-corrected chi connectivity index (χ4v) is 2.92. The lowest BCUT2D eigenvalue weighted by atomic mass is 10.2. The molecule has 5 nitrogen and oxygen atoms in total. The van der Waals surface area contributed by atoms with Crippen molar-refractivity contribution in [2.45, 2.75) is 6.54 Å². The Labute approximate surface area is 145 Å². The molecule has 3 aromatic rings. The van der Waals surface area contributed by atoms with E-state index < -0.39 is 0 Å². The number of amides is 1. The molecular weight excluding hydrogens is 413 g/mol. The van der Waals surface area contributed by atoms with Crippen LogP contribution in [0.4, 0.5) is 0 Å². The molecule has 0 spiro atoms. The van der Waals surface area contributed by atoms with Gasteiger partial charge in [-0.1, -0.05) is 11.2 Å². The van der Waals surface area contributed by atoms with Gasteiger partial charge in [0.25, 0.3) is 5.91 Å². The third-order valence-electron chi connectivity index (χ3n) is 3.02. The zero-order chi connectivity index (χ0) is 15.5. The van der Waals surface area contributed by atoms with Crippen molar-refractivity contribution in [1.82, 2.24) is 15.0 Å². The highest BCUT2D eigenvalue weighted by molar-refractivity contribution is 14.1. The van der Waals surface area contributed by atoms with E-state index in [0.29, 0.717) is 17.3 Å². The van der Waals surface area contributed by atoms with Crippen LogP contribution in [0.1, 0.15) is 16.2 Å². The maximum Gasteiger partial charge on any atom is 0.254 e. The van der Waals surface area contributed by atoms with Gasteiger partial charge in [-0.05, 0) is 58.3 Å². The summed E-state index contributed by atoms with van der Waals surface area (Å²) in [6, 6.07) is 11.3. The van der Waals surface area contributed by atoms with Crippen molar-refractivity contribution in [2.75, 3.05) is 7.05 Å². The maximum absolute atomic E-state index is 12.3.